The zero-order chi connectivity index (χ0) is 23.1. The molecule has 0 fully saturated rings. The second-order valence-corrected chi connectivity index (χ2v) is 5.97. The minimum atomic E-state index is -0.409. The topological polar surface area (TPSA) is 102 Å². The number of allylic oxidation sites excluding steroid dienone is 1. The number of hydrogen-bond acceptors (Lipinski definition) is 9. The summed E-state index contributed by atoms with van der Waals surface area (Å²) in [5.41, 5.74) is 0.409. The van der Waals surface area contributed by atoms with Crippen molar-refractivity contribution in [1.29, 1.82) is 0 Å². The van der Waals surface area contributed by atoms with Gasteiger partial charge in [-0.15, -0.1) is 0 Å². The van der Waals surface area contributed by atoms with Crippen LogP contribution >= 0.6 is 0 Å². The van der Waals surface area contributed by atoms with Crippen molar-refractivity contribution in [3.63, 3.8) is 0 Å². The highest BCUT2D eigenvalue weighted by atomic mass is 16.5. The van der Waals surface area contributed by atoms with Crippen LogP contribution in [0.1, 0.15) is 15.9 Å². The Kier molecular flexibility index (Phi) is 7.84. The largest absolute Gasteiger partial charge is 0.504 e. The molecule has 0 bridgehead atoms. The molecule has 1 N–H and O–H groups in total. The summed E-state index contributed by atoms with van der Waals surface area (Å²) in [5, 5.41) is 10.7. The number of carbonyl (C=O) groups excluding carboxylic acids is 1. The molecule has 168 valence electrons. The van der Waals surface area contributed by atoms with Crippen molar-refractivity contribution in [2.45, 2.75) is 0 Å². The molecular formula is C22H26O9. The number of methoxy groups -OCH3 is 7. The fourth-order valence-corrected chi connectivity index (χ4v) is 3.13. The van der Waals surface area contributed by atoms with Gasteiger partial charge in [-0.25, -0.2) is 0 Å². The van der Waals surface area contributed by atoms with Crippen LogP contribution in [-0.4, -0.2) is 60.7 Å². The van der Waals surface area contributed by atoms with Crippen LogP contribution in [0.5, 0.6) is 46.0 Å². The molecule has 0 heterocycles. The van der Waals surface area contributed by atoms with Crippen molar-refractivity contribution in [3.8, 4) is 46.0 Å². The molecule has 0 unspecified atom stereocenters. The molecule has 0 atom stereocenters. The number of ether oxygens (including phenoxy) is 7. The van der Waals surface area contributed by atoms with Crippen LogP contribution < -0.4 is 33.2 Å². The molecule has 0 saturated heterocycles. The van der Waals surface area contributed by atoms with Gasteiger partial charge in [-0.1, -0.05) is 0 Å². The Labute approximate surface area is 180 Å². The van der Waals surface area contributed by atoms with Crippen LogP contribution in [0.3, 0.4) is 0 Å². The summed E-state index contributed by atoms with van der Waals surface area (Å²) in [4.78, 5) is 12.9. The molecule has 0 aliphatic carbocycles. The molecule has 2 rings (SSSR count). The van der Waals surface area contributed by atoms with Crippen LogP contribution in [0.2, 0.25) is 0 Å². The van der Waals surface area contributed by atoms with Crippen LogP contribution in [0, 0.1) is 0 Å². The molecule has 0 radical (unpaired) electrons. The van der Waals surface area contributed by atoms with E-state index in [0.717, 1.165) is 0 Å². The van der Waals surface area contributed by atoms with E-state index in [4.69, 9.17) is 33.2 Å². The molecule has 0 spiro atoms. The highest BCUT2D eigenvalue weighted by Gasteiger charge is 2.26. The lowest BCUT2D eigenvalue weighted by atomic mass is 10.0. The molecule has 0 aliphatic heterocycles. The molecule has 31 heavy (non-hydrogen) atoms. The Balaban J connectivity index is 2.62. The van der Waals surface area contributed by atoms with Crippen LogP contribution in [0.15, 0.2) is 18.2 Å². The molecule has 0 aliphatic rings. The Bertz CT molecular complexity index is 980. The monoisotopic (exact) mass is 434 g/mol. The first-order valence-corrected chi connectivity index (χ1v) is 9.04. The lowest BCUT2D eigenvalue weighted by Crippen LogP contribution is -2.03. The Morgan fingerprint density at radius 2 is 1.19 bits per heavy atom. The van der Waals surface area contributed by atoms with Crippen molar-refractivity contribution in [2.75, 3.05) is 49.8 Å². The predicted molar refractivity (Wildman–Crippen MR) is 114 cm³/mol. The van der Waals surface area contributed by atoms with Gasteiger partial charge in [0.1, 0.15) is 0 Å². The van der Waals surface area contributed by atoms with Crippen molar-refractivity contribution < 1.29 is 43.1 Å². The van der Waals surface area contributed by atoms with Crippen molar-refractivity contribution in [3.05, 3.63) is 29.3 Å². The number of rotatable bonds is 10. The highest BCUT2D eigenvalue weighted by molar-refractivity contribution is 6.09. The average molecular weight is 434 g/mol. The van der Waals surface area contributed by atoms with E-state index in [1.165, 1.54) is 61.9 Å². The first-order chi connectivity index (χ1) is 14.9. The van der Waals surface area contributed by atoms with E-state index < -0.39 is 5.78 Å². The zero-order valence-corrected chi connectivity index (χ0v) is 18.5. The van der Waals surface area contributed by atoms with Gasteiger partial charge in [0.05, 0.1) is 60.9 Å². The summed E-state index contributed by atoms with van der Waals surface area (Å²) in [7, 11) is 9.95. The molecule has 2 aromatic carbocycles. The van der Waals surface area contributed by atoms with Gasteiger partial charge in [-0.05, 0) is 24.3 Å². The Morgan fingerprint density at radius 1 is 0.677 bits per heavy atom. The third-order valence-corrected chi connectivity index (χ3v) is 4.52. The number of hydrogen-bond donors (Lipinski definition) is 1. The highest BCUT2D eigenvalue weighted by Crippen LogP contribution is 2.53. The summed E-state index contributed by atoms with van der Waals surface area (Å²) >= 11 is 0. The van der Waals surface area contributed by atoms with E-state index in [2.05, 4.69) is 0 Å². The van der Waals surface area contributed by atoms with Gasteiger partial charge in [0.25, 0.3) is 0 Å². The second kappa shape index (κ2) is 10.3. The number of benzene rings is 2. The van der Waals surface area contributed by atoms with Gasteiger partial charge < -0.3 is 38.3 Å². The summed E-state index contributed by atoms with van der Waals surface area (Å²) in [5.74, 6) is 0.809. The van der Waals surface area contributed by atoms with Crippen LogP contribution in [0.4, 0.5) is 0 Å². The Hall–Kier alpha value is -3.75. The number of ketones is 1. The lowest BCUT2D eigenvalue weighted by Gasteiger charge is -2.19. The van der Waals surface area contributed by atoms with Gasteiger partial charge in [-0.3, -0.25) is 4.79 Å². The van der Waals surface area contributed by atoms with E-state index in [0.29, 0.717) is 5.75 Å². The first-order valence-electron chi connectivity index (χ1n) is 9.04. The summed E-state index contributed by atoms with van der Waals surface area (Å²) in [6, 6.07) is 3.15. The molecular weight excluding hydrogens is 408 g/mol. The number of carbonyl (C=O) groups is 1. The average Bonchev–Trinajstić information content (AvgIpc) is 2.80. The van der Waals surface area contributed by atoms with Gasteiger partial charge in [0.15, 0.2) is 28.8 Å². The number of phenols is 1. The zero-order valence-electron chi connectivity index (χ0n) is 18.5. The smallest absolute Gasteiger partial charge is 0.211 e. The normalized spacial score (nSPS) is 10.5. The van der Waals surface area contributed by atoms with Gasteiger partial charge in [-0.2, -0.15) is 0 Å². The molecule has 0 aromatic heterocycles. The fourth-order valence-electron chi connectivity index (χ4n) is 3.13. The van der Waals surface area contributed by atoms with Gasteiger partial charge >= 0.3 is 0 Å². The van der Waals surface area contributed by atoms with E-state index in [9.17, 15) is 9.90 Å². The molecule has 2 aromatic rings. The summed E-state index contributed by atoms with van der Waals surface area (Å²) in [6.45, 7) is 0. The lowest BCUT2D eigenvalue weighted by molar-refractivity contribution is 0.104. The minimum absolute atomic E-state index is 0.0379. The predicted octanol–water partition coefficient (Wildman–Crippen LogP) is 3.35. The Morgan fingerprint density at radius 3 is 1.68 bits per heavy atom. The summed E-state index contributed by atoms with van der Waals surface area (Å²) < 4.78 is 37.2. The maximum absolute atomic E-state index is 12.9. The van der Waals surface area contributed by atoms with Gasteiger partial charge in [0.2, 0.25) is 23.0 Å². The second-order valence-electron chi connectivity index (χ2n) is 5.97. The molecule has 9 nitrogen and oxygen atoms in total. The molecule has 0 saturated carbocycles. The van der Waals surface area contributed by atoms with Crippen molar-refractivity contribution in [2.24, 2.45) is 0 Å². The van der Waals surface area contributed by atoms with Crippen molar-refractivity contribution in [1.82, 2.24) is 0 Å². The van der Waals surface area contributed by atoms with E-state index in [1.54, 1.807) is 12.1 Å². The molecule has 9 heteroatoms. The maximum atomic E-state index is 12.9. The fraction of sp³-hybridized carbons (Fsp3) is 0.318. The van der Waals surface area contributed by atoms with Gasteiger partial charge in [0, 0.05) is 0 Å². The molecule has 0 amide bonds. The maximum Gasteiger partial charge on any atom is 0.211 e. The van der Waals surface area contributed by atoms with Crippen LogP contribution in [0.25, 0.3) is 6.08 Å². The third-order valence-electron chi connectivity index (χ3n) is 4.52. The van der Waals surface area contributed by atoms with Crippen molar-refractivity contribution >= 4 is 11.9 Å². The van der Waals surface area contributed by atoms with E-state index in [-0.39, 0.29) is 51.4 Å². The number of aromatic hydroxyl groups is 1. The SMILES string of the molecule is COc1ccc(C(=O)/C=C/c2c(O)c(OC)c(OC)c(OC)c2OC)c(OC)c1OC. The van der Waals surface area contributed by atoms with Crippen LogP contribution in [-0.2, 0) is 0 Å². The summed E-state index contributed by atoms with van der Waals surface area (Å²) in [6.07, 6.45) is 2.64. The number of phenolic OH excluding ortho intramolecular Hbond substituents is 1. The third kappa shape index (κ3) is 4.25. The quantitative estimate of drug-likeness (QED) is 0.445. The van der Waals surface area contributed by atoms with E-state index >= 15 is 0 Å². The first kappa shape index (κ1) is 23.5. The minimum Gasteiger partial charge on any atom is -0.504 e. The van der Waals surface area contributed by atoms with E-state index in [1.807, 2.05) is 0 Å². The standard InChI is InChI=1S/C22H26O9/c1-25-15-11-9-12(17(26-2)19(15)28-4)14(23)10-8-13-16(24)20(29-5)22(31-7)21(30-6)18(13)27-3/h8-11,24H,1-7H3/b10-8+.